The molecule has 1 amide bonds. The van der Waals surface area contributed by atoms with Gasteiger partial charge in [0.2, 0.25) is 0 Å². The van der Waals surface area contributed by atoms with E-state index in [1.807, 2.05) is 36.4 Å². The Kier molecular flexibility index (Phi) is 9.40. The van der Waals surface area contributed by atoms with E-state index in [9.17, 15) is 4.79 Å². The number of hydrogen-bond donors (Lipinski definition) is 1. The molecule has 0 aromatic heterocycles. The van der Waals surface area contributed by atoms with Gasteiger partial charge in [-0.05, 0) is 60.7 Å². The number of carbonyl (C=O) groups is 1. The van der Waals surface area contributed by atoms with Crippen LogP contribution in [0.4, 0.5) is 5.69 Å². The Bertz CT molecular complexity index is 695. The summed E-state index contributed by atoms with van der Waals surface area (Å²) in [4.78, 5) is 12.1. The Balaban J connectivity index is 1.72. The summed E-state index contributed by atoms with van der Waals surface area (Å²) in [5.41, 5.74) is 2.02. The summed E-state index contributed by atoms with van der Waals surface area (Å²) in [5.74, 6) is 1.88. The number of ether oxygens (including phenoxy) is 2. The number of amides is 1. The summed E-state index contributed by atoms with van der Waals surface area (Å²) in [6.45, 7) is 7.29. The van der Waals surface area contributed by atoms with E-state index in [1.165, 1.54) is 24.8 Å². The van der Waals surface area contributed by atoms with E-state index in [2.05, 4.69) is 38.2 Å². The Morgan fingerprint density at radius 3 is 2.18 bits per heavy atom. The van der Waals surface area contributed by atoms with E-state index < -0.39 is 0 Å². The molecule has 28 heavy (non-hydrogen) atoms. The fraction of sp³-hybridized carbons (Fsp3) is 0.458. The van der Waals surface area contributed by atoms with E-state index in [0.29, 0.717) is 11.7 Å². The van der Waals surface area contributed by atoms with Gasteiger partial charge in [-0.2, -0.15) is 0 Å². The molecule has 4 heteroatoms. The third-order valence-corrected chi connectivity index (χ3v) is 4.84. The first-order valence-electron chi connectivity index (χ1n) is 10.4. The molecule has 0 aliphatic carbocycles. The molecule has 2 aromatic carbocycles. The van der Waals surface area contributed by atoms with Crippen LogP contribution in [0.25, 0.3) is 0 Å². The van der Waals surface area contributed by atoms with E-state index >= 15 is 0 Å². The zero-order chi connectivity index (χ0) is 20.2. The number of rotatable bonds is 12. The van der Waals surface area contributed by atoms with Crippen molar-refractivity contribution in [3.63, 3.8) is 0 Å². The first-order valence-corrected chi connectivity index (χ1v) is 10.4. The fourth-order valence-corrected chi connectivity index (χ4v) is 2.83. The highest BCUT2D eigenvalue weighted by Crippen LogP contribution is 2.21. The molecule has 0 aliphatic rings. The van der Waals surface area contributed by atoms with Gasteiger partial charge >= 0.3 is 0 Å². The molecule has 0 radical (unpaired) electrons. The second kappa shape index (κ2) is 12.1. The highest BCUT2D eigenvalue weighted by molar-refractivity contribution is 5.91. The van der Waals surface area contributed by atoms with E-state index in [1.54, 1.807) is 0 Å². The Labute approximate surface area is 169 Å². The van der Waals surface area contributed by atoms with Crippen LogP contribution in [0.2, 0.25) is 0 Å². The molecule has 0 unspecified atom stereocenters. The number of benzene rings is 2. The van der Waals surface area contributed by atoms with E-state index in [-0.39, 0.29) is 12.5 Å². The summed E-state index contributed by atoms with van der Waals surface area (Å²) in [5, 5.41) is 2.84. The van der Waals surface area contributed by atoms with Crippen LogP contribution in [0.15, 0.2) is 48.5 Å². The van der Waals surface area contributed by atoms with Crippen LogP contribution < -0.4 is 14.8 Å². The van der Waals surface area contributed by atoms with Crippen molar-refractivity contribution in [1.29, 1.82) is 0 Å². The Hall–Kier alpha value is -2.49. The molecule has 2 aromatic rings. The van der Waals surface area contributed by atoms with Gasteiger partial charge < -0.3 is 14.8 Å². The molecule has 1 N–H and O–H groups in total. The summed E-state index contributed by atoms with van der Waals surface area (Å²) < 4.78 is 11.3. The molecule has 152 valence electrons. The van der Waals surface area contributed by atoms with Crippen LogP contribution in [0.5, 0.6) is 11.5 Å². The second-order valence-electron chi connectivity index (χ2n) is 7.15. The SMILES string of the molecule is CCCCCCOc1ccc(NC(=O)COc2ccc([C@H](C)CC)cc2)cc1. The van der Waals surface area contributed by atoms with Crippen LogP contribution in [0, 0.1) is 0 Å². The van der Waals surface area contributed by atoms with Gasteiger partial charge in [0.15, 0.2) is 6.61 Å². The largest absolute Gasteiger partial charge is 0.494 e. The van der Waals surface area contributed by atoms with Crippen molar-refractivity contribution in [1.82, 2.24) is 0 Å². The smallest absolute Gasteiger partial charge is 0.262 e. The second-order valence-corrected chi connectivity index (χ2v) is 7.15. The molecular weight excluding hydrogens is 350 g/mol. The lowest BCUT2D eigenvalue weighted by Gasteiger charge is -2.11. The lowest BCUT2D eigenvalue weighted by atomic mass is 9.99. The molecule has 0 spiro atoms. The first-order chi connectivity index (χ1) is 13.6. The van der Waals surface area contributed by atoms with Gasteiger partial charge in [0.25, 0.3) is 5.91 Å². The molecule has 2 rings (SSSR count). The summed E-state index contributed by atoms with van der Waals surface area (Å²) >= 11 is 0. The zero-order valence-corrected chi connectivity index (χ0v) is 17.4. The normalized spacial score (nSPS) is 11.7. The lowest BCUT2D eigenvalue weighted by Crippen LogP contribution is -2.20. The fourth-order valence-electron chi connectivity index (χ4n) is 2.83. The van der Waals surface area contributed by atoms with Gasteiger partial charge in [-0.15, -0.1) is 0 Å². The Morgan fingerprint density at radius 1 is 0.893 bits per heavy atom. The number of unbranched alkanes of at least 4 members (excludes halogenated alkanes) is 3. The molecule has 0 fully saturated rings. The summed E-state index contributed by atoms with van der Waals surface area (Å²) in [6, 6.07) is 15.4. The zero-order valence-electron chi connectivity index (χ0n) is 17.4. The van der Waals surface area contributed by atoms with Gasteiger partial charge in [0, 0.05) is 5.69 Å². The van der Waals surface area contributed by atoms with Crippen LogP contribution >= 0.6 is 0 Å². The Morgan fingerprint density at radius 2 is 1.54 bits per heavy atom. The monoisotopic (exact) mass is 383 g/mol. The van der Waals surface area contributed by atoms with Crippen molar-refractivity contribution in [2.75, 3.05) is 18.5 Å². The van der Waals surface area contributed by atoms with Crippen molar-refractivity contribution in [3.8, 4) is 11.5 Å². The van der Waals surface area contributed by atoms with Crippen LogP contribution in [0.1, 0.15) is 64.4 Å². The molecule has 4 nitrogen and oxygen atoms in total. The van der Waals surface area contributed by atoms with Crippen molar-refractivity contribution in [3.05, 3.63) is 54.1 Å². The molecule has 0 heterocycles. The van der Waals surface area contributed by atoms with Crippen molar-refractivity contribution < 1.29 is 14.3 Å². The third kappa shape index (κ3) is 7.63. The minimum absolute atomic E-state index is 0.0155. The highest BCUT2D eigenvalue weighted by atomic mass is 16.5. The summed E-state index contributed by atoms with van der Waals surface area (Å²) in [6.07, 6.45) is 5.85. The highest BCUT2D eigenvalue weighted by Gasteiger charge is 2.06. The van der Waals surface area contributed by atoms with Gasteiger partial charge in [0.05, 0.1) is 6.61 Å². The molecule has 0 saturated heterocycles. The number of carbonyl (C=O) groups excluding carboxylic acids is 1. The molecule has 0 bridgehead atoms. The number of nitrogens with one attached hydrogen (secondary N) is 1. The number of hydrogen-bond acceptors (Lipinski definition) is 3. The topological polar surface area (TPSA) is 47.6 Å². The minimum Gasteiger partial charge on any atom is -0.494 e. The minimum atomic E-state index is -0.181. The van der Waals surface area contributed by atoms with Crippen molar-refractivity contribution >= 4 is 11.6 Å². The quantitative estimate of drug-likeness (QED) is 0.445. The van der Waals surface area contributed by atoms with E-state index in [4.69, 9.17) is 9.47 Å². The predicted octanol–water partition coefficient (Wildman–Crippen LogP) is 6.18. The van der Waals surface area contributed by atoms with E-state index in [0.717, 1.165) is 30.9 Å². The van der Waals surface area contributed by atoms with Crippen molar-refractivity contribution in [2.24, 2.45) is 0 Å². The third-order valence-electron chi connectivity index (χ3n) is 4.84. The van der Waals surface area contributed by atoms with Crippen LogP contribution in [-0.2, 0) is 4.79 Å². The molecular formula is C24H33NO3. The van der Waals surface area contributed by atoms with Crippen LogP contribution in [0.3, 0.4) is 0 Å². The van der Waals surface area contributed by atoms with Gasteiger partial charge in [-0.25, -0.2) is 0 Å². The molecule has 0 aliphatic heterocycles. The maximum absolute atomic E-state index is 12.1. The van der Waals surface area contributed by atoms with Gasteiger partial charge in [-0.3, -0.25) is 4.79 Å². The standard InChI is InChI=1S/C24H33NO3/c1-4-6-7-8-17-27-22-15-11-21(12-16-22)25-24(26)18-28-23-13-9-20(10-14-23)19(3)5-2/h9-16,19H,4-8,17-18H2,1-3H3,(H,25,26)/t19-/m1/s1. The van der Waals surface area contributed by atoms with Gasteiger partial charge in [-0.1, -0.05) is 52.2 Å². The average molecular weight is 384 g/mol. The number of anilines is 1. The first kappa shape index (κ1) is 21.8. The molecule has 1 atom stereocenters. The van der Waals surface area contributed by atoms with Crippen molar-refractivity contribution in [2.45, 2.75) is 58.8 Å². The average Bonchev–Trinajstić information content (AvgIpc) is 2.73. The summed E-state index contributed by atoms with van der Waals surface area (Å²) in [7, 11) is 0. The maximum atomic E-state index is 12.1. The predicted molar refractivity (Wildman–Crippen MR) is 115 cm³/mol. The van der Waals surface area contributed by atoms with Crippen LogP contribution in [-0.4, -0.2) is 19.1 Å². The molecule has 0 saturated carbocycles. The van der Waals surface area contributed by atoms with Gasteiger partial charge in [0.1, 0.15) is 11.5 Å². The lowest BCUT2D eigenvalue weighted by molar-refractivity contribution is -0.118. The maximum Gasteiger partial charge on any atom is 0.262 e.